The molecule has 5 rings (SSSR count). The first-order chi connectivity index (χ1) is 19.5. The fourth-order valence-electron chi connectivity index (χ4n) is 3.91. The van der Waals surface area contributed by atoms with Gasteiger partial charge in [0.25, 0.3) is 11.4 Å². The van der Waals surface area contributed by atoms with Crippen LogP contribution in [0.2, 0.25) is 5.02 Å². The van der Waals surface area contributed by atoms with Crippen LogP contribution in [0.1, 0.15) is 16.1 Å². The molecule has 0 unspecified atom stereocenters. The Bertz CT molecular complexity index is 1850. The number of non-ortho nitro benzene ring substituents is 1. The zero-order valence-corrected chi connectivity index (χ0v) is 21.2. The summed E-state index contributed by atoms with van der Waals surface area (Å²) in [5, 5.41) is 10.6. The van der Waals surface area contributed by atoms with Crippen molar-refractivity contribution in [1.29, 1.82) is 0 Å². The average molecular weight is 582 g/mol. The van der Waals surface area contributed by atoms with Crippen LogP contribution in [0.25, 0.3) is 22.1 Å². The average Bonchev–Trinajstić information content (AvgIpc) is 2.94. The molecule has 0 amide bonds. The second-order valence-electron chi connectivity index (χ2n) is 8.55. The summed E-state index contributed by atoms with van der Waals surface area (Å²) in [6, 6.07) is 21.6. The zero-order valence-electron chi connectivity index (χ0n) is 20.5. The van der Waals surface area contributed by atoms with Crippen LogP contribution in [0.5, 0.6) is 17.2 Å². The van der Waals surface area contributed by atoms with Gasteiger partial charge in [-0.2, -0.15) is 13.2 Å². The summed E-state index contributed by atoms with van der Waals surface area (Å²) in [6.45, 7) is 0. The van der Waals surface area contributed by atoms with Gasteiger partial charge in [0.15, 0.2) is 0 Å². The molecular weight excluding hydrogens is 567 g/mol. The van der Waals surface area contributed by atoms with E-state index in [0.717, 1.165) is 47.5 Å². The number of ether oxygens (including phenoxy) is 2. The van der Waals surface area contributed by atoms with Crippen molar-refractivity contribution >= 4 is 34.2 Å². The van der Waals surface area contributed by atoms with Crippen molar-refractivity contribution in [3.8, 4) is 28.4 Å². The highest BCUT2D eigenvalue weighted by molar-refractivity contribution is 6.33. The molecule has 41 heavy (non-hydrogen) atoms. The van der Waals surface area contributed by atoms with Crippen molar-refractivity contribution in [1.82, 2.24) is 0 Å². The smallest absolute Gasteiger partial charge is 0.449 e. The van der Waals surface area contributed by atoms with Crippen LogP contribution in [0.4, 0.5) is 18.9 Å². The molecule has 0 saturated heterocycles. The number of carbonyl (C=O) groups excluding carboxylic acids is 1. The fourth-order valence-corrected chi connectivity index (χ4v) is 4.10. The third-order valence-corrected chi connectivity index (χ3v) is 6.18. The molecular formula is C29H15ClF3NO7. The molecule has 12 heteroatoms. The number of benzene rings is 4. The second kappa shape index (κ2) is 10.8. The molecule has 8 nitrogen and oxygen atoms in total. The van der Waals surface area contributed by atoms with Gasteiger partial charge in [-0.05, 0) is 41.5 Å². The van der Waals surface area contributed by atoms with Crippen LogP contribution in [0.3, 0.4) is 0 Å². The third kappa shape index (κ3) is 5.75. The normalized spacial score (nSPS) is 11.3. The Labute approximate surface area is 233 Å². The van der Waals surface area contributed by atoms with Crippen LogP contribution in [-0.4, -0.2) is 10.9 Å². The predicted molar refractivity (Wildman–Crippen MR) is 143 cm³/mol. The minimum Gasteiger partial charge on any atom is -0.449 e. The summed E-state index contributed by atoms with van der Waals surface area (Å²) >= 11 is 5.95. The molecule has 4 aromatic carbocycles. The van der Waals surface area contributed by atoms with E-state index >= 15 is 0 Å². The first-order valence-corrected chi connectivity index (χ1v) is 12.1. The summed E-state index contributed by atoms with van der Waals surface area (Å²) in [6.07, 6.45) is -5.12. The lowest BCUT2D eigenvalue weighted by atomic mass is 10.1. The molecule has 0 aliphatic heterocycles. The fraction of sp³-hybridized carbons (Fsp3) is 0.0345. The van der Waals surface area contributed by atoms with Crippen LogP contribution in [0, 0.1) is 10.1 Å². The second-order valence-corrected chi connectivity index (χ2v) is 8.96. The van der Waals surface area contributed by atoms with E-state index in [0.29, 0.717) is 0 Å². The summed E-state index contributed by atoms with van der Waals surface area (Å²) in [5.41, 5.74) is -0.754. The molecule has 206 valence electrons. The SMILES string of the molecule is O=C(Oc1ccc2c(=O)c(Oc3ccc(-c4ccccc4)cc3)c(C(F)(F)F)oc2c1)c1cc([N+](=O)[O-])ccc1Cl. The third-order valence-electron chi connectivity index (χ3n) is 5.85. The maximum absolute atomic E-state index is 14.0. The van der Waals surface area contributed by atoms with Gasteiger partial charge >= 0.3 is 12.1 Å². The van der Waals surface area contributed by atoms with Crippen molar-refractivity contribution in [2.24, 2.45) is 0 Å². The largest absolute Gasteiger partial charge is 0.453 e. The lowest BCUT2D eigenvalue weighted by molar-refractivity contribution is -0.384. The summed E-state index contributed by atoms with van der Waals surface area (Å²) in [4.78, 5) is 36.0. The Morgan fingerprint density at radius 2 is 1.54 bits per heavy atom. The molecule has 5 aromatic rings. The minimum absolute atomic E-state index is 0.0267. The maximum Gasteiger partial charge on any atom is 0.453 e. The molecule has 0 saturated carbocycles. The number of nitro groups is 1. The van der Waals surface area contributed by atoms with Gasteiger partial charge in [0.1, 0.15) is 17.1 Å². The van der Waals surface area contributed by atoms with Gasteiger partial charge in [0, 0.05) is 18.2 Å². The molecule has 1 aromatic heterocycles. The summed E-state index contributed by atoms with van der Waals surface area (Å²) in [5.74, 6) is -4.19. The van der Waals surface area contributed by atoms with Gasteiger partial charge in [0.2, 0.25) is 11.2 Å². The van der Waals surface area contributed by atoms with Crippen molar-refractivity contribution in [2.75, 3.05) is 0 Å². The van der Waals surface area contributed by atoms with E-state index in [1.165, 1.54) is 12.1 Å². The first-order valence-electron chi connectivity index (χ1n) is 11.7. The topological polar surface area (TPSA) is 109 Å². The van der Waals surface area contributed by atoms with Gasteiger partial charge in [-0.25, -0.2) is 4.79 Å². The van der Waals surface area contributed by atoms with Gasteiger partial charge in [-0.3, -0.25) is 14.9 Å². The molecule has 0 radical (unpaired) electrons. The Morgan fingerprint density at radius 3 is 2.20 bits per heavy atom. The molecule has 0 fully saturated rings. The zero-order chi connectivity index (χ0) is 29.3. The van der Waals surface area contributed by atoms with E-state index in [-0.39, 0.29) is 27.5 Å². The summed E-state index contributed by atoms with van der Waals surface area (Å²) in [7, 11) is 0. The monoisotopic (exact) mass is 581 g/mol. The van der Waals surface area contributed by atoms with Gasteiger partial charge in [-0.15, -0.1) is 0 Å². The molecule has 0 spiro atoms. The van der Waals surface area contributed by atoms with Crippen LogP contribution < -0.4 is 14.9 Å². The number of hydrogen-bond acceptors (Lipinski definition) is 7. The van der Waals surface area contributed by atoms with Crippen molar-refractivity contribution < 1.29 is 36.8 Å². The molecule has 0 aliphatic carbocycles. The standard InChI is InChI=1S/C29H15ClF3NO7/c30-23-13-8-18(34(37)38)14-22(23)28(36)40-20-11-12-21-24(15-20)41-27(29(31,32)33)26(25(21)35)39-19-9-6-17(7-10-19)16-4-2-1-3-5-16/h1-15H. The number of esters is 1. The van der Waals surface area contributed by atoms with Gasteiger partial charge in [0.05, 0.1) is 20.9 Å². The Kier molecular flexibility index (Phi) is 7.21. The van der Waals surface area contributed by atoms with E-state index < -0.39 is 45.3 Å². The van der Waals surface area contributed by atoms with Gasteiger partial charge in [-0.1, -0.05) is 54.1 Å². The lowest BCUT2D eigenvalue weighted by Crippen LogP contribution is -2.15. The summed E-state index contributed by atoms with van der Waals surface area (Å²) < 4.78 is 57.4. The number of halogens is 4. The maximum atomic E-state index is 14.0. The molecule has 0 N–H and O–H groups in total. The molecule has 0 aliphatic rings. The lowest BCUT2D eigenvalue weighted by Gasteiger charge is -2.14. The van der Waals surface area contributed by atoms with Crippen molar-refractivity contribution in [3.63, 3.8) is 0 Å². The van der Waals surface area contributed by atoms with E-state index in [2.05, 4.69) is 0 Å². The van der Waals surface area contributed by atoms with Gasteiger partial charge < -0.3 is 13.9 Å². The number of nitro benzene ring substituents is 1. The van der Waals surface area contributed by atoms with E-state index in [9.17, 15) is 32.9 Å². The van der Waals surface area contributed by atoms with Crippen LogP contribution in [0.15, 0.2) is 100 Å². The Balaban J connectivity index is 1.48. The van der Waals surface area contributed by atoms with Crippen LogP contribution in [-0.2, 0) is 6.18 Å². The predicted octanol–water partition coefficient (Wildman–Crippen LogP) is 8.05. The number of carbonyl (C=O) groups is 1. The molecule has 0 atom stereocenters. The van der Waals surface area contributed by atoms with Crippen LogP contribution >= 0.6 is 11.6 Å². The van der Waals surface area contributed by atoms with E-state index in [1.807, 2.05) is 30.3 Å². The highest BCUT2D eigenvalue weighted by Gasteiger charge is 2.40. The number of hydrogen-bond donors (Lipinski definition) is 0. The van der Waals surface area contributed by atoms with E-state index in [4.69, 9.17) is 25.5 Å². The van der Waals surface area contributed by atoms with Crippen molar-refractivity contribution in [3.05, 3.63) is 128 Å². The minimum atomic E-state index is -5.12. The molecule has 1 heterocycles. The molecule has 0 bridgehead atoms. The number of alkyl halides is 3. The highest BCUT2D eigenvalue weighted by Crippen LogP contribution is 2.39. The quantitative estimate of drug-likeness (QED) is 0.0863. The first kappa shape index (κ1) is 27.4. The number of nitrogens with zero attached hydrogens (tertiary/aromatic N) is 1. The Hall–Kier alpha value is -5.16. The van der Waals surface area contributed by atoms with Crippen molar-refractivity contribution in [2.45, 2.75) is 6.18 Å². The highest BCUT2D eigenvalue weighted by atomic mass is 35.5. The number of rotatable bonds is 6. The van der Waals surface area contributed by atoms with E-state index in [1.54, 1.807) is 12.1 Å². The Morgan fingerprint density at radius 1 is 0.878 bits per heavy atom. The number of fused-ring (bicyclic) bond motifs is 1.